The van der Waals surface area contributed by atoms with Crippen LogP contribution in [0.25, 0.3) is 0 Å². The lowest BCUT2D eigenvalue weighted by Crippen LogP contribution is -2.68. The molecule has 0 bridgehead atoms. The molecule has 17 heteroatoms. The standard InChI is InChI=1S/C20H35NO16/c1-5(25)21-9-11(27)10(26)6(2-22)34-19(9)36-17-8(4-24)35-20(15(31)13(17)29)37-16-7(3-23)33-18(32)14(30)12(16)28/h6-20,22-24,26-32H,2-4H2,1H3,(H,21,25)/t6-,7-,8-,9-,10+,11-,12-,13-,14-,15-,16-,17+,18+,19+,20+/m1/s1. The zero-order valence-electron chi connectivity index (χ0n) is 19.7. The van der Waals surface area contributed by atoms with Crippen LogP contribution in [0.1, 0.15) is 6.92 Å². The summed E-state index contributed by atoms with van der Waals surface area (Å²) in [5, 5.41) is 103. The van der Waals surface area contributed by atoms with Crippen molar-refractivity contribution in [1.29, 1.82) is 0 Å². The zero-order valence-corrected chi connectivity index (χ0v) is 19.7. The lowest BCUT2D eigenvalue weighted by Gasteiger charge is -2.48. The number of ether oxygens (including phenoxy) is 5. The van der Waals surface area contributed by atoms with Crippen LogP contribution in [0.4, 0.5) is 0 Å². The summed E-state index contributed by atoms with van der Waals surface area (Å²) >= 11 is 0. The molecule has 0 aromatic carbocycles. The summed E-state index contributed by atoms with van der Waals surface area (Å²) in [6.07, 6.45) is -23.1. The number of rotatable bonds is 8. The maximum atomic E-state index is 11.6. The van der Waals surface area contributed by atoms with E-state index in [9.17, 15) is 55.9 Å². The summed E-state index contributed by atoms with van der Waals surface area (Å²) in [5.41, 5.74) is 0. The van der Waals surface area contributed by atoms with Crippen molar-refractivity contribution in [3.05, 3.63) is 0 Å². The highest BCUT2D eigenvalue weighted by molar-refractivity contribution is 5.73. The zero-order chi connectivity index (χ0) is 27.6. The number of carbonyl (C=O) groups excluding carboxylic acids is 1. The Morgan fingerprint density at radius 1 is 0.649 bits per heavy atom. The van der Waals surface area contributed by atoms with Gasteiger partial charge in [0, 0.05) is 6.92 Å². The predicted octanol–water partition coefficient (Wildman–Crippen LogP) is -7.43. The third-order valence-corrected chi connectivity index (χ3v) is 6.49. The third-order valence-electron chi connectivity index (χ3n) is 6.49. The van der Waals surface area contributed by atoms with E-state index in [4.69, 9.17) is 23.7 Å². The monoisotopic (exact) mass is 545 g/mol. The predicted molar refractivity (Wildman–Crippen MR) is 113 cm³/mol. The van der Waals surface area contributed by atoms with E-state index in [2.05, 4.69) is 5.32 Å². The Kier molecular flexibility index (Phi) is 10.5. The SMILES string of the molecule is CC(=O)N[C@H]1[C@H](O[C@@H]2[C@H](O)[C@@H](O)[C@H](O[C@H]3[C@H](O)[C@@H](O)[C@@H](O)O[C@@H]3CO)O[C@@H]2CO)O[C@H](CO)[C@H](O)[C@@H]1O. The quantitative estimate of drug-likeness (QED) is 0.135. The van der Waals surface area contributed by atoms with Crippen LogP contribution in [-0.4, -0.2) is 169 Å². The van der Waals surface area contributed by atoms with E-state index < -0.39 is 118 Å². The largest absolute Gasteiger partial charge is 0.394 e. The topological polar surface area (TPSA) is 278 Å². The molecular weight excluding hydrogens is 510 g/mol. The van der Waals surface area contributed by atoms with Gasteiger partial charge in [0.15, 0.2) is 18.9 Å². The van der Waals surface area contributed by atoms with Crippen molar-refractivity contribution in [2.24, 2.45) is 0 Å². The Hall–Kier alpha value is -1.13. The summed E-state index contributed by atoms with van der Waals surface area (Å²) in [4.78, 5) is 11.6. The molecule has 1 amide bonds. The number of amides is 1. The Balaban J connectivity index is 1.77. The molecule has 0 radical (unpaired) electrons. The van der Waals surface area contributed by atoms with E-state index in [1.165, 1.54) is 0 Å². The van der Waals surface area contributed by atoms with Crippen LogP contribution >= 0.6 is 0 Å². The van der Waals surface area contributed by atoms with Gasteiger partial charge in [0.25, 0.3) is 0 Å². The normalized spacial score (nSPS) is 49.0. The minimum atomic E-state index is -1.92. The first-order valence-electron chi connectivity index (χ1n) is 11.6. The highest BCUT2D eigenvalue weighted by atomic mass is 16.7. The summed E-state index contributed by atoms with van der Waals surface area (Å²) < 4.78 is 27.0. The molecule has 17 nitrogen and oxygen atoms in total. The average molecular weight is 545 g/mol. The van der Waals surface area contributed by atoms with Gasteiger partial charge in [-0.1, -0.05) is 0 Å². The molecule has 216 valence electrons. The van der Waals surface area contributed by atoms with Crippen molar-refractivity contribution in [1.82, 2.24) is 5.32 Å². The maximum absolute atomic E-state index is 11.6. The van der Waals surface area contributed by atoms with E-state index in [1.54, 1.807) is 0 Å². The van der Waals surface area contributed by atoms with E-state index in [0.717, 1.165) is 6.92 Å². The van der Waals surface area contributed by atoms with Crippen molar-refractivity contribution < 1.29 is 79.5 Å². The van der Waals surface area contributed by atoms with Gasteiger partial charge in [-0.15, -0.1) is 0 Å². The first-order chi connectivity index (χ1) is 17.4. The first-order valence-corrected chi connectivity index (χ1v) is 11.6. The van der Waals surface area contributed by atoms with E-state index in [-0.39, 0.29) is 0 Å². The van der Waals surface area contributed by atoms with Crippen molar-refractivity contribution in [3.63, 3.8) is 0 Å². The van der Waals surface area contributed by atoms with Crippen molar-refractivity contribution in [3.8, 4) is 0 Å². The highest BCUT2D eigenvalue weighted by Crippen LogP contribution is 2.32. The van der Waals surface area contributed by atoms with Gasteiger partial charge in [-0.3, -0.25) is 4.79 Å². The lowest BCUT2D eigenvalue weighted by molar-refractivity contribution is -0.372. The molecule has 0 aromatic heterocycles. The van der Waals surface area contributed by atoms with Crippen molar-refractivity contribution in [2.45, 2.75) is 99.0 Å². The summed E-state index contributed by atoms with van der Waals surface area (Å²) in [7, 11) is 0. The molecule has 3 fully saturated rings. The molecule has 3 saturated heterocycles. The number of aliphatic hydroxyl groups is 10. The summed E-state index contributed by atoms with van der Waals surface area (Å²) in [6.45, 7) is -1.21. The molecule has 15 atom stereocenters. The Morgan fingerprint density at radius 2 is 1.14 bits per heavy atom. The highest BCUT2D eigenvalue weighted by Gasteiger charge is 2.53. The number of hydrogen-bond acceptors (Lipinski definition) is 16. The summed E-state index contributed by atoms with van der Waals surface area (Å²) in [5.74, 6) is -0.637. The molecule has 3 aliphatic heterocycles. The van der Waals surface area contributed by atoms with Gasteiger partial charge in [-0.05, 0) is 0 Å². The molecule has 3 heterocycles. The van der Waals surface area contributed by atoms with Crippen LogP contribution in [0.15, 0.2) is 0 Å². The van der Waals surface area contributed by atoms with Gasteiger partial charge in [0.1, 0.15) is 73.2 Å². The van der Waals surface area contributed by atoms with Crippen molar-refractivity contribution >= 4 is 5.91 Å². The van der Waals surface area contributed by atoms with Crippen LogP contribution < -0.4 is 5.32 Å². The summed E-state index contributed by atoms with van der Waals surface area (Å²) in [6, 6.07) is -1.39. The van der Waals surface area contributed by atoms with Gasteiger partial charge in [0.2, 0.25) is 5.91 Å². The smallest absolute Gasteiger partial charge is 0.217 e. The van der Waals surface area contributed by atoms with Crippen LogP contribution in [-0.2, 0) is 28.5 Å². The fraction of sp³-hybridized carbons (Fsp3) is 0.950. The van der Waals surface area contributed by atoms with Gasteiger partial charge in [-0.2, -0.15) is 0 Å². The molecule has 3 rings (SSSR count). The maximum Gasteiger partial charge on any atom is 0.217 e. The minimum absolute atomic E-state index is 0.637. The second-order valence-corrected chi connectivity index (χ2v) is 9.07. The average Bonchev–Trinajstić information content (AvgIpc) is 2.87. The molecule has 0 aromatic rings. The number of hydrogen-bond donors (Lipinski definition) is 11. The molecule has 11 N–H and O–H groups in total. The van der Waals surface area contributed by atoms with Crippen molar-refractivity contribution in [2.75, 3.05) is 19.8 Å². The minimum Gasteiger partial charge on any atom is -0.394 e. The Bertz CT molecular complexity index is 743. The number of nitrogens with one attached hydrogen (secondary N) is 1. The van der Waals surface area contributed by atoms with Gasteiger partial charge < -0.3 is 80.1 Å². The Morgan fingerprint density at radius 3 is 1.68 bits per heavy atom. The third kappa shape index (κ3) is 6.38. The van der Waals surface area contributed by atoms with Gasteiger partial charge in [0.05, 0.1) is 19.8 Å². The number of carbonyl (C=O) groups is 1. The fourth-order valence-corrected chi connectivity index (χ4v) is 4.46. The molecule has 0 unspecified atom stereocenters. The van der Waals surface area contributed by atoms with E-state index >= 15 is 0 Å². The molecule has 37 heavy (non-hydrogen) atoms. The van der Waals surface area contributed by atoms with Crippen LogP contribution in [0.5, 0.6) is 0 Å². The first kappa shape index (κ1) is 30.4. The van der Waals surface area contributed by atoms with E-state index in [1.807, 2.05) is 0 Å². The molecular formula is C20H35NO16. The molecule has 0 aliphatic carbocycles. The number of aliphatic hydroxyl groups excluding tert-OH is 10. The Labute approximate surface area is 210 Å². The van der Waals surface area contributed by atoms with Crippen LogP contribution in [0.3, 0.4) is 0 Å². The van der Waals surface area contributed by atoms with Gasteiger partial charge in [-0.25, -0.2) is 0 Å². The molecule has 0 saturated carbocycles. The molecule has 3 aliphatic rings. The second kappa shape index (κ2) is 12.8. The molecule has 0 spiro atoms. The fourth-order valence-electron chi connectivity index (χ4n) is 4.46. The van der Waals surface area contributed by atoms with Crippen LogP contribution in [0.2, 0.25) is 0 Å². The lowest BCUT2D eigenvalue weighted by atomic mass is 9.95. The van der Waals surface area contributed by atoms with E-state index in [0.29, 0.717) is 0 Å². The van der Waals surface area contributed by atoms with Gasteiger partial charge >= 0.3 is 0 Å². The second-order valence-electron chi connectivity index (χ2n) is 9.07. The van der Waals surface area contributed by atoms with Crippen LogP contribution in [0, 0.1) is 0 Å².